The van der Waals surface area contributed by atoms with Crippen LogP contribution in [-0.4, -0.2) is 40.5 Å². The molecular formula is C23H25N3O2S2. The minimum Gasteiger partial charge on any atom is -0.342 e. The molecule has 0 aliphatic heterocycles. The molecule has 0 saturated heterocycles. The van der Waals surface area contributed by atoms with E-state index < -0.39 is 0 Å². The number of thioether (sulfide) groups is 1. The van der Waals surface area contributed by atoms with Gasteiger partial charge < -0.3 is 4.90 Å². The van der Waals surface area contributed by atoms with Crippen molar-refractivity contribution >= 4 is 50.3 Å². The van der Waals surface area contributed by atoms with E-state index in [1.807, 2.05) is 54.4 Å². The van der Waals surface area contributed by atoms with E-state index in [0.717, 1.165) is 28.0 Å². The van der Waals surface area contributed by atoms with E-state index in [1.54, 1.807) is 6.07 Å². The second-order valence-electron chi connectivity index (χ2n) is 7.52. The normalized spacial score (nSPS) is 14.6. The molecule has 2 aromatic carbocycles. The van der Waals surface area contributed by atoms with E-state index in [9.17, 15) is 9.59 Å². The molecule has 1 saturated carbocycles. The third-order valence-corrected chi connectivity index (χ3v) is 7.52. The average molecular weight is 440 g/mol. The standard InChI is InChI=1S/C23H25N3O2S2/c1-26(16-9-3-2-4-10-16)21(27)15-29-19-13-7-5-11-17(19)22(28)25-23-24-18-12-6-8-14-20(18)30-23/h5-8,11-14,16H,2-4,9-10,15H2,1H3,(H,24,25,28). The Morgan fingerprint density at radius 2 is 1.83 bits per heavy atom. The van der Waals surface area contributed by atoms with Crippen molar-refractivity contribution in [3.8, 4) is 0 Å². The summed E-state index contributed by atoms with van der Waals surface area (Å²) < 4.78 is 1.03. The van der Waals surface area contributed by atoms with Gasteiger partial charge in [-0.2, -0.15) is 0 Å². The SMILES string of the molecule is CN(C(=O)CSc1ccccc1C(=O)Nc1nc2ccccc2s1)C1CCCCC1. The quantitative estimate of drug-likeness (QED) is 0.520. The van der Waals surface area contributed by atoms with Crippen LogP contribution in [-0.2, 0) is 4.79 Å². The fourth-order valence-corrected chi connectivity index (χ4v) is 5.62. The third-order valence-electron chi connectivity index (χ3n) is 5.51. The molecule has 2 amide bonds. The number of thiazole rings is 1. The molecule has 0 atom stereocenters. The fourth-order valence-electron chi connectivity index (χ4n) is 3.78. The van der Waals surface area contributed by atoms with Gasteiger partial charge in [-0.3, -0.25) is 14.9 Å². The molecule has 1 aliphatic rings. The van der Waals surface area contributed by atoms with Crippen LogP contribution < -0.4 is 5.32 Å². The molecule has 1 aromatic heterocycles. The van der Waals surface area contributed by atoms with Gasteiger partial charge in [0, 0.05) is 18.0 Å². The highest BCUT2D eigenvalue weighted by Gasteiger charge is 2.22. The van der Waals surface area contributed by atoms with Gasteiger partial charge in [-0.25, -0.2) is 4.98 Å². The van der Waals surface area contributed by atoms with E-state index in [-0.39, 0.29) is 11.8 Å². The van der Waals surface area contributed by atoms with Crippen molar-refractivity contribution in [2.45, 2.75) is 43.0 Å². The predicted molar refractivity (Wildman–Crippen MR) is 124 cm³/mol. The van der Waals surface area contributed by atoms with Crippen molar-refractivity contribution in [3.63, 3.8) is 0 Å². The number of amides is 2. The van der Waals surface area contributed by atoms with Gasteiger partial charge in [0.2, 0.25) is 5.91 Å². The summed E-state index contributed by atoms with van der Waals surface area (Å²) >= 11 is 2.88. The second-order valence-corrected chi connectivity index (χ2v) is 9.57. The number of hydrogen-bond acceptors (Lipinski definition) is 5. The van der Waals surface area contributed by atoms with Crippen LogP contribution in [0, 0.1) is 0 Å². The van der Waals surface area contributed by atoms with Gasteiger partial charge in [0.1, 0.15) is 0 Å². The summed E-state index contributed by atoms with van der Waals surface area (Å²) in [7, 11) is 1.91. The van der Waals surface area contributed by atoms with Gasteiger partial charge in [0.25, 0.3) is 5.91 Å². The molecule has 0 unspecified atom stereocenters. The molecule has 1 N–H and O–H groups in total. The lowest BCUT2D eigenvalue weighted by molar-refractivity contribution is -0.129. The summed E-state index contributed by atoms with van der Waals surface area (Å²) in [5, 5.41) is 3.49. The molecule has 3 aromatic rings. The second kappa shape index (κ2) is 9.62. The van der Waals surface area contributed by atoms with E-state index >= 15 is 0 Å². The zero-order valence-electron chi connectivity index (χ0n) is 17.0. The van der Waals surface area contributed by atoms with E-state index in [0.29, 0.717) is 22.5 Å². The Balaban J connectivity index is 1.41. The van der Waals surface area contributed by atoms with E-state index in [4.69, 9.17) is 0 Å². The molecule has 4 rings (SSSR count). The van der Waals surface area contributed by atoms with Gasteiger partial charge in [-0.1, -0.05) is 54.9 Å². The van der Waals surface area contributed by atoms with E-state index in [1.165, 1.54) is 42.4 Å². The maximum atomic E-state index is 12.9. The molecule has 7 heteroatoms. The number of nitrogens with one attached hydrogen (secondary N) is 1. The van der Waals surface area contributed by atoms with Crippen LogP contribution in [0.25, 0.3) is 10.2 Å². The first-order chi connectivity index (χ1) is 14.6. The Morgan fingerprint density at radius 3 is 2.63 bits per heavy atom. The Bertz CT molecular complexity index is 1010. The summed E-state index contributed by atoms with van der Waals surface area (Å²) in [6.07, 6.45) is 5.85. The monoisotopic (exact) mass is 439 g/mol. The number of carbonyl (C=O) groups is 2. The molecule has 1 fully saturated rings. The van der Waals surface area contributed by atoms with Crippen molar-refractivity contribution in [2.24, 2.45) is 0 Å². The summed E-state index contributed by atoms with van der Waals surface area (Å²) in [4.78, 5) is 32.7. The Labute approximate surface area is 184 Å². The first kappa shape index (κ1) is 20.9. The number of fused-ring (bicyclic) bond motifs is 1. The number of anilines is 1. The van der Waals surface area contributed by atoms with Crippen LogP contribution in [0.15, 0.2) is 53.4 Å². The lowest BCUT2D eigenvalue weighted by Crippen LogP contribution is -2.39. The molecule has 0 radical (unpaired) electrons. The average Bonchev–Trinajstić information content (AvgIpc) is 3.20. The molecule has 1 aliphatic carbocycles. The van der Waals surface area contributed by atoms with Crippen LogP contribution in [0.2, 0.25) is 0 Å². The van der Waals surface area contributed by atoms with Crippen LogP contribution in [0.3, 0.4) is 0 Å². The van der Waals surface area contributed by atoms with Crippen molar-refractivity contribution < 1.29 is 9.59 Å². The Hall–Kier alpha value is -2.38. The first-order valence-corrected chi connectivity index (χ1v) is 12.1. The number of aromatic nitrogens is 1. The summed E-state index contributed by atoms with van der Waals surface area (Å²) in [6, 6.07) is 15.6. The smallest absolute Gasteiger partial charge is 0.258 e. The maximum Gasteiger partial charge on any atom is 0.258 e. The molecule has 156 valence electrons. The molecular weight excluding hydrogens is 414 g/mol. The minimum atomic E-state index is -0.203. The molecule has 5 nitrogen and oxygen atoms in total. The largest absolute Gasteiger partial charge is 0.342 e. The van der Waals surface area contributed by atoms with Gasteiger partial charge in [-0.15, -0.1) is 11.8 Å². The number of para-hydroxylation sites is 1. The van der Waals surface area contributed by atoms with Gasteiger partial charge in [0.15, 0.2) is 5.13 Å². The zero-order chi connectivity index (χ0) is 20.9. The first-order valence-electron chi connectivity index (χ1n) is 10.3. The van der Waals surface area contributed by atoms with Crippen molar-refractivity contribution in [1.82, 2.24) is 9.88 Å². The van der Waals surface area contributed by atoms with E-state index in [2.05, 4.69) is 10.3 Å². The molecule has 0 bridgehead atoms. The van der Waals surface area contributed by atoms with Crippen LogP contribution in [0.1, 0.15) is 42.5 Å². The zero-order valence-corrected chi connectivity index (χ0v) is 18.6. The van der Waals surface area contributed by atoms with Crippen LogP contribution in [0.4, 0.5) is 5.13 Å². The van der Waals surface area contributed by atoms with Crippen molar-refractivity contribution in [1.29, 1.82) is 0 Å². The van der Waals surface area contributed by atoms with Gasteiger partial charge >= 0.3 is 0 Å². The van der Waals surface area contributed by atoms with Crippen molar-refractivity contribution in [2.75, 3.05) is 18.1 Å². The summed E-state index contributed by atoms with van der Waals surface area (Å²) in [5.74, 6) is 0.247. The number of benzene rings is 2. The van der Waals surface area contributed by atoms with Gasteiger partial charge in [0.05, 0.1) is 21.5 Å². The van der Waals surface area contributed by atoms with Crippen molar-refractivity contribution in [3.05, 3.63) is 54.1 Å². The fraction of sp³-hybridized carbons (Fsp3) is 0.348. The van der Waals surface area contributed by atoms with Crippen LogP contribution >= 0.6 is 23.1 Å². The highest BCUT2D eigenvalue weighted by molar-refractivity contribution is 8.00. The number of rotatable bonds is 6. The number of hydrogen-bond donors (Lipinski definition) is 1. The highest BCUT2D eigenvalue weighted by atomic mass is 32.2. The van der Waals surface area contributed by atoms with Crippen LogP contribution in [0.5, 0.6) is 0 Å². The Morgan fingerprint density at radius 1 is 1.10 bits per heavy atom. The highest BCUT2D eigenvalue weighted by Crippen LogP contribution is 2.28. The number of nitrogens with zero attached hydrogens (tertiary/aromatic N) is 2. The lowest BCUT2D eigenvalue weighted by atomic mass is 9.94. The third kappa shape index (κ3) is 4.84. The predicted octanol–water partition coefficient (Wildman–Crippen LogP) is 5.43. The Kier molecular flexibility index (Phi) is 6.69. The van der Waals surface area contributed by atoms with Gasteiger partial charge in [-0.05, 0) is 37.1 Å². The summed E-state index contributed by atoms with van der Waals surface area (Å²) in [6.45, 7) is 0. The molecule has 1 heterocycles. The lowest BCUT2D eigenvalue weighted by Gasteiger charge is -2.31. The minimum absolute atomic E-state index is 0.119. The molecule has 30 heavy (non-hydrogen) atoms. The maximum absolute atomic E-state index is 12.9. The summed E-state index contributed by atoms with van der Waals surface area (Å²) in [5.41, 5.74) is 1.44. The molecule has 0 spiro atoms. The topological polar surface area (TPSA) is 62.3 Å². The number of carbonyl (C=O) groups excluding carboxylic acids is 2.